The summed E-state index contributed by atoms with van der Waals surface area (Å²) >= 11 is 1.21. The highest BCUT2D eigenvalue weighted by atomic mass is 32.1. The van der Waals surface area contributed by atoms with Crippen LogP contribution in [0.3, 0.4) is 0 Å². The van der Waals surface area contributed by atoms with Crippen molar-refractivity contribution in [2.45, 2.75) is 39.2 Å². The molecule has 2 fully saturated rings. The Bertz CT molecular complexity index is 1480. The molecule has 39 heavy (non-hydrogen) atoms. The molecule has 1 aliphatic carbocycles. The van der Waals surface area contributed by atoms with Crippen LogP contribution in [-0.2, 0) is 9.59 Å². The number of hydrazine groups is 1. The predicted molar refractivity (Wildman–Crippen MR) is 140 cm³/mol. The maximum atomic E-state index is 13.6. The molecule has 0 radical (unpaired) electrons. The SMILES string of the molecule is Cc1cc(-c2nc(C)c(C(=O)NCC(C(=O)N[C@@H]3C(=O)N4CCCN4C(=O)c4ccccc43)C3CC3)s2)on1. The van der Waals surface area contributed by atoms with Crippen LogP contribution in [0, 0.1) is 25.7 Å². The van der Waals surface area contributed by atoms with Gasteiger partial charge in [-0.1, -0.05) is 23.4 Å². The van der Waals surface area contributed by atoms with E-state index in [0.717, 1.165) is 18.5 Å². The van der Waals surface area contributed by atoms with Gasteiger partial charge < -0.3 is 15.2 Å². The fourth-order valence-electron chi connectivity index (χ4n) is 5.24. The van der Waals surface area contributed by atoms with Gasteiger partial charge in [-0.2, -0.15) is 0 Å². The summed E-state index contributed by atoms with van der Waals surface area (Å²) in [5.74, 6) is -1.09. The molecule has 0 bridgehead atoms. The van der Waals surface area contributed by atoms with E-state index >= 15 is 0 Å². The average Bonchev–Trinajstić information content (AvgIpc) is 3.31. The topological polar surface area (TPSA) is 138 Å². The molecule has 0 spiro atoms. The number of hydrogen-bond acceptors (Lipinski definition) is 8. The predicted octanol–water partition coefficient (Wildman–Crippen LogP) is 2.63. The van der Waals surface area contributed by atoms with Crippen LogP contribution in [-0.4, -0.2) is 63.4 Å². The number of amides is 4. The third-order valence-electron chi connectivity index (χ3n) is 7.41. The zero-order chi connectivity index (χ0) is 27.3. The summed E-state index contributed by atoms with van der Waals surface area (Å²) in [4.78, 5) is 58.2. The standard InChI is InChI=1S/C27H28N6O5S/c1-14-12-20(38-31-14)25-29-15(2)22(39-25)24(35)28-13-19(16-8-9-16)23(34)30-21-17-6-3-4-7-18(17)26(36)32-10-5-11-33(32)27(21)37/h3-4,6-7,12,16,19,21H,5,8-11,13H2,1-2H3,(H,28,35)(H,30,34)/t19?,21-/m0/s1. The summed E-state index contributed by atoms with van der Waals surface area (Å²) in [6.07, 6.45) is 2.43. The first-order chi connectivity index (χ1) is 18.8. The number of carbonyl (C=O) groups is 4. The first-order valence-corrected chi connectivity index (χ1v) is 13.8. The van der Waals surface area contributed by atoms with E-state index in [1.165, 1.54) is 21.4 Å². The molecule has 2 aromatic heterocycles. The molecule has 202 valence electrons. The van der Waals surface area contributed by atoms with Gasteiger partial charge in [-0.3, -0.25) is 19.2 Å². The lowest BCUT2D eigenvalue weighted by Crippen LogP contribution is -2.49. The maximum absolute atomic E-state index is 13.6. The zero-order valence-electron chi connectivity index (χ0n) is 21.6. The van der Waals surface area contributed by atoms with Crippen LogP contribution in [0.15, 0.2) is 34.9 Å². The van der Waals surface area contributed by atoms with Gasteiger partial charge in [-0.25, -0.2) is 15.0 Å². The molecule has 2 atom stereocenters. The van der Waals surface area contributed by atoms with Gasteiger partial charge in [0.05, 0.1) is 17.3 Å². The molecule has 1 unspecified atom stereocenters. The van der Waals surface area contributed by atoms with Crippen molar-refractivity contribution in [2.75, 3.05) is 19.6 Å². The molecule has 1 saturated heterocycles. The number of aryl methyl sites for hydroxylation is 2. The second-order valence-corrected chi connectivity index (χ2v) is 11.2. The summed E-state index contributed by atoms with van der Waals surface area (Å²) in [7, 11) is 0. The summed E-state index contributed by atoms with van der Waals surface area (Å²) in [5.41, 5.74) is 2.19. The number of nitrogens with zero attached hydrogens (tertiary/aromatic N) is 4. The summed E-state index contributed by atoms with van der Waals surface area (Å²) < 4.78 is 5.27. The third kappa shape index (κ3) is 4.69. The molecule has 3 aromatic rings. The minimum Gasteiger partial charge on any atom is -0.353 e. The highest BCUT2D eigenvalue weighted by molar-refractivity contribution is 7.17. The quantitative estimate of drug-likeness (QED) is 0.463. The molecule has 4 heterocycles. The molecule has 4 amide bonds. The highest BCUT2D eigenvalue weighted by Crippen LogP contribution is 2.38. The van der Waals surface area contributed by atoms with Crippen molar-refractivity contribution in [3.63, 3.8) is 0 Å². The Morgan fingerprint density at radius 3 is 2.67 bits per heavy atom. The summed E-state index contributed by atoms with van der Waals surface area (Å²) in [5, 5.41) is 13.2. The maximum Gasteiger partial charge on any atom is 0.272 e. The Morgan fingerprint density at radius 1 is 1.15 bits per heavy atom. The van der Waals surface area contributed by atoms with Gasteiger partial charge in [0.25, 0.3) is 17.7 Å². The third-order valence-corrected chi connectivity index (χ3v) is 8.58. The smallest absolute Gasteiger partial charge is 0.272 e. The van der Waals surface area contributed by atoms with Gasteiger partial charge in [-0.05, 0) is 50.7 Å². The van der Waals surface area contributed by atoms with Gasteiger partial charge in [0, 0.05) is 31.3 Å². The van der Waals surface area contributed by atoms with Crippen LogP contribution in [0.5, 0.6) is 0 Å². The number of hydrogen-bond donors (Lipinski definition) is 2. The molecule has 1 saturated carbocycles. The van der Waals surface area contributed by atoms with Gasteiger partial charge >= 0.3 is 0 Å². The number of thiazole rings is 1. The van der Waals surface area contributed by atoms with Gasteiger partial charge in [-0.15, -0.1) is 11.3 Å². The zero-order valence-corrected chi connectivity index (χ0v) is 22.4. The van der Waals surface area contributed by atoms with Crippen LogP contribution in [0.25, 0.3) is 10.8 Å². The molecule has 1 aromatic carbocycles. The number of nitrogens with one attached hydrogen (secondary N) is 2. The van der Waals surface area contributed by atoms with Crippen molar-refractivity contribution >= 4 is 35.0 Å². The Labute approximate surface area is 228 Å². The Hall–Kier alpha value is -4.06. The molecular weight excluding hydrogens is 520 g/mol. The van der Waals surface area contributed by atoms with E-state index in [2.05, 4.69) is 20.8 Å². The van der Waals surface area contributed by atoms with Crippen LogP contribution in [0.1, 0.15) is 62.3 Å². The van der Waals surface area contributed by atoms with Gasteiger partial charge in [0.15, 0.2) is 10.8 Å². The van der Waals surface area contributed by atoms with Gasteiger partial charge in [0.2, 0.25) is 5.91 Å². The van der Waals surface area contributed by atoms with Crippen molar-refractivity contribution < 1.29 is 23.7 Å². The molecule has 3 aliphatic rings. The lowest BCUT2D eigenvalue weighted by molar-refractivity contribution is -0.145. The highest BCUT2D eigenvalue weighted by Gasteiger charge is 2.44. The van der Waals surface area contributed by atoms with Crippen LogP contribution in [0.4, 0.5) is 0 Å². The minimum atomic E-state index is -0.977. The van der Waals surface area contributed by atoms with Crippen LogP contribution < -0.4 is 10.6 Å². The lowest BCUT2D eigenvalue weighted by atomic mass is 9.97. The van der Waals surface area contributed by atoms with Crippen molar-refractivity contribution in [3.05, 3.63) is 57.7 Å². The van der Waals surface area contributed by atoms with Crippen LogP contribution in [0.2, 0.25) is 0 Å². The fourth-order valence-corrected chi connectivity index (χ4v) is 6.17. The molecule has 6 rings (SSSR count). The molecule has 2 aliphatic heterocycles. The van der Waals surface area contributed by atoms with Gasteiger partial charge in [0.1, 0.15) is 10.9 Å². The van der Waals surface area contributed by atoms with E-state index in [1.54, 1.807) is 37.3 Å². The number of carbonyl (C=O) groups excluding carboxylic acids is 4. The number of fused-ring (bicyclic) bond motifs is 2. The molecular formula is C27H28N6O5S. The lowest BCUT2D eigenvalue weighted by Gasteiger charge is -2.28. The normalized spacial score (nSPS) is 19.4. The first kappa shape index (κ1) is 25.2. The number of aromatic nitrogens is 2. The van der Waals surface area contributed by atoms with Crippen molar-refractivity contribution in [3.8, 4) is 10.8 Å². The second-order valence-electron chi connectivity index (χ2n) is 10.2. The second kappa shape index (κ2) is 9.92. The van der Waals surface area contributed by atoms with Crippen molar-refractivity contribution in [1.29, 1.82) is 0 Å². The van der Waals surface area contributed by atoms with E-state index in [4.69, 9.17) is 4.52 Å². The molecule has 12 heteroatoms. The largest absolute Gasteiger partial charge is 0.353 e. The van der Waals surface area contributed by atoms with E-state index in [-0.39, 0.29) is 36.1 Å². The summed E-state index contributed by atoms with van der Waals surface area (Å²) in [6.45, 7) is 4.58. The Morgan fingerprint density at radius 2 is 1.92 bits per heavy atom. The van der Waals surface area contributed by atoms with E-state index in [0.29, 0.717) is 52.0 Å². The first-order valence-electron chi connectivity index (χ1n) is 13.0. The summed E-state index contributed by atoms with van der Waals surface area (Å²) in [6, 6.07) is 7.70. The average molecular weight is 549 g/mol. The van der Waals surface area contributed by atoms with Crippen molar-refractivity contribution in [1.82, 2.24) is 30.8 Å². The number of rotatable bonds is 7. The van der Waals surface area contributed by atoms with Crippen LogP contribution >= 0.6 is 11.3 Å². The monoisotopic (exact) mass is 548 g/mol. The van der Waals surface area contributed by atoms with E-state index in [9.17, 15) is 19.2 Å². The minimum absolute atomic E-state index is 0.113. The van der Waals surface area contributed by atoms with Crippen molar-refractivity contribution in [2.24, 2.45) is 11.8 Å². The van der Waals surface area contributed by atoms with E-state index in [1.807, 2.05) is 6.92 Å². The number of benzene rings is 1. The van der Waals surface area contributed by atoms with E-state index < -0.39 is 12.0 Å². The molecule has 11 nitrogen and oxygen atoms in total. The Balaban J connectivity index is 1.18. The molecule has 2 N–H and O–H groups in total. The fraction of sp³-hybridized carbons (Fsp3) is 0.407. The Kier molecular flexibility index (Phi) is 6.42.